The molecule has 0 saturated carbocycles. The summed E-state index contributed by atoms with van der Waals surface area (Å²) in [5, 5.41) is 7.20. The first-order chi connectivity index (χ1) is 17.4. The first-order valence-electron chi connectivity index (χ1n) is 12.0. The highest BCUT2D eigenvalue weighted by molar-refractivity contribution is 7.16. The molecule has 0 radical (unpaired) electrons. The molecule has 1 N–H and O–H groups in total. The van der Waals surface area contributed by atoms with Crippen LogP contribution < -0.4 is 5.32 Å². The highest BCUT2D eigenvalue weighted by Crippen LogP contribution is 2.32. The second kappa shape index (κ2) is 14.4. The van der Waals surface area contributed by atoms with Crippen molar-refractivity contribution < 1.29 is 18.0 Å². The number of rotatable bonds is 11. The van der Waals surface area contributed by atoms with E-state index in [9.17, 15) is 18.0 Å². The Kier molecular flexibility index (Phi) is 11.9. The van der Waals surface area contributed by atoms with E-state index in [4.69, 9.17) is 0 Å². The van der Waals surface area contributed by atoms with Crippen LogP contribution in [0.5, 0.6) is 0 Å². The minimum atomic E-state index is -4.19. The van der Waals surface area contributed by atoms with Crippen molar-refractivity contribution >= 4 is 40.0 Å². The molecule has 0 bridgehead atoms. The molecular weight excluding hydrogens is 521 g/mol. The monoisotopic (exact) mass is 556 g/mol. The second-order valence-electron chi connectivity index (χ2n) is 8.69. The van der Waals surface area contributed by atoms with Crippen molar-refractivity contribution in [3.63, 3.8) is 0 Å². The van der Waals surface area contributed by atoms with Crippen LogP contribution in [0.4, 0.5) is 24.1 Å². The molecule has 3 rings (SSSR count). The van der Waals surface area contributed by atoms with Crippen molar-refractivity contribution in [1.29, 1.82) is 0 Å². The average Bonchev–Trinajstić information content (AvgIpc) is 3.43. The summed E-state index contributed by atoms with van der Waals surface area (Å²) >= 11 is 3.26. The number of halogens is 3. The van der Waals surface area contributed by atoms with Crippen LogP contribution in [0.2, 0.25) is 0 Å². The van der Waals surface area contributed by atoms with Gasteiger partial charge in [0.05, 0.1) is 27.8 Å². The molecule has 0 spiro atoms. The van der Waals surface area contributed by atoms with Crippen molar-refractivity contribution in [1.82, 2.24) is 24.8 Å². The molecule has 0 unspecified atom stereocenters. The quantitative estimate of drug-likeness (QED) is 0.273. The van der Waals surface area contributed by atoms with Crippen molar-refractivity contribution in [3.05, 3.63) is 40.0 Å². The van der Waals surface area contributed by atoms with E-state index in [1.165, 1.54) is 9.80 Å². The molecule has 12 heteroatoms. The summed E-state index contributed by atoms with van der Waals surface area (Å²) in [6.45, 7) is 9.37. The number of nitrogens with one attached hydrogen (secondary N) is 1. The summed E-state index contributed by atoms with van der Waals surface area (Å²) in [7, 11) is 1.61. The maximum atomic E-state index is 12.3. The highest BCUT2D eigenvalue weighted by Gasteiger charge is 2.31. The number of anilines is 2. The lowest BCUT2D eigenvalue weighted by atomic mass is 10.1. The van der Waals surface area contributed by atoms with Crippen LogP contribution in [0.1, 0.15) is 43.0 Å². The predicted molar refractivity (Wildman–Crippen MR) is 146 cm³/mol. The molecule has 0 saturated heterocycles. The lowest BCUT2D eigenvalue weighted by molar-refractivity contribution is -0.147. The van der Waals surface area contributed by atoms with Gasteiger partial charge in [0.2, 0.25) is 6.41 Å². The molecule has 7 nitrogen and oxygen atoms in total. The molecule has 204 valence electrons. The van der Waals surface area contributed by atoms with Gasteiger partial charge >= 0.3 is 6.18 Å². The lowest BCUT2D eigenvalue weighted by Gasteiger charge is -2.31. The van der Waals surface area contributed by atoms with Gasteiger partial charge in [-0.1, -0.05) is 26.3 Å². The molecule has 0 aliphatic heterocycles. The zero-order valence-electron chi connectivity index (χ0n) is 22.1. The third-order valence-corrected chi connectivity index (χ3v) is 7.32. The fourth-order valence-electron chi connectivity index (χ4n) is 3.56. The minimum absolute atomic E-state index is 0.153. The van der Waals surface area contributed by atoms with E-state index < -0.39 is 12.7 Å². The van der Waals surface area contributed by atoms with Crippen molar-refractivity contribution in [2.75, 3.05) is 32.0 Å². The second-order valence-corrected chi connectivity index (χ2v) is 10.7. The molecule has 0 aliphatic rings. The molecule has 1 amide bonds. The summed E-state index contributed by atoms with van der Waals surface area (Å²) in [5.41, 5.74) is 3.16. The Labute approximate surface area is 224 Å². The number of aromatic nitrogens is 3. The van der Waals surface area contributed by atoms with Gasteiger partial charge in [0, 0.05) is 31.2 Å². The van der Waals surface area contributed by atoms with Gasteiger partial charge in [0.1, 0.15) is 5.82 Å². The van der Waals surface area contributed by atoms with Gasteiger partial charge < -0.3 is 10.2 Å². The molecule has 37 heavy (non-hydrogen) atoms. The molecule has 3 aromatic heterocycles. The Morgan fingerprint density at radius 2 is 1.89 bits per heavy atom. The fraction of sp³-hybridized carbons (Fsp3) is 0.520. The van der Waals surface area contributed by atoms with Crippen LogP contribution in [0, 0.1) is 20.8 Å². The van der Waals surface area contributed by atoms with Gasteiger partial charge in [0.15, 0.2) is 5.13 Å². The molecule has 3 aromatic rings. The summed E-state index contributed by atoms with van der Waals surface area (Å²) in [5.74, 6) is 0.814. The Morgan fingerprint density at radius 1 is 1.16 bits per heavy atom. The van der Waals surface area contributed by atoms with Crippen LogP contribution in [0.3, 0.4) is 0 Å². The third-order valence-electron chi connectivity index (χ3n) is 5.47. The number of hydrogen-bond donors (Lipinski definition) is 1. The van der Waals surface area contributed by atoms with Crippen LogP contribution in [-0.4, -0.2) is 70.1 Å². The van der Waals surface area contributed by atoms with Gasteiger partial charge in [-0.25, -0.2) is 15.0 Å². The SMILES string of the molecule is CCC[C@@H](CN(CC)CC(F)(F)F)N(C)C=O.Cc1ccc(Nc2nc(-c3sc(C)nc3C)cs2)nc1. The largest absolute Gasteiger partial charge is 0.401 e. The first-order valence-corrected chi connectivity index (χ1v) is 13.7. The maximum absolute atomic E-state index is 12.3. The van der Waals surface area contributed by atoms with Gasteiger partial charge in [-0.05, 0) is 45.4 Å². The molecule has 1 atom stereocenters. The predicted octanol–water partition coefficient (Wildman–Crippen LogP) is 6.46. The Hall–Kier alpha value is -2.57. The highest BCUT2D eigenvalue weighted by atomic mass is 32.1. The molecule has 0 fully saturated rings. The number of carbonyl (C=O) groups excluding carboxylic acids is 1. The number of amides is 1. The summed E-state index contributed by atoms with van der Waals surface area (Å²) in [4.78, 5) is 27.9. The van der Waals surface area contributed by atoms with Crippen molar-refractivity contribution in [2.45, 2.75) is 59.7 Å². The van der Waals surface area contributed by atoms with E-state index >= 15 is 0 Å². The van der Waals surface area contributed by atoms with Gasteiger partial charge in [-0.15, -0.1) is 22.7 Å². The fourth-order valence-corrected chi connectivity index (χ4v) is 5.22. The Morgan fingerprint density at radius 3 is 2.41 bits per heavy atom. The smallest absolute Gasteiger partial charge is 0.344 e. The summed E-state index contributed by atoms with van der Waals surface area (Å²) in [6, 6.07) is 3.83. The number of carbonyl (C=O) groups is 1. The van der Waals surface area contributed by atoms with Crippen LogP contribution in [0.25, 0.3) is 10.6 Å². The number of aryl methyl sites for hydroxylation is 3. The summed E-state index contributed by atoms with van der Waals surface area (Å²) < 4.78 is 36.9. The molecular formula is C25H35F3N6OS2. The Balaban J connectivity index is 0.000000265. The molecule has 0 aliphatic carbocycles. The first kappa shape index (κ1) is 30.7. The minimum Gasteiger partial charge on any atom is -0.344 e. The standard InChI is InChI=1S/C14H14N4S2.C11H21F3N2O/c1-8-4-5-12(15-6-8)18-14-17-11(7-19-14)13-9(2)16-10(3)20-13;1-4-6-10(15(3)9-17)7-16(5-2)8-11(12,13)14/h4-7H,1-3H3,(H,15,17,18);9-10H,4-8H2,1-3H3/t;10-/m.0/s1. The number of likely N-dealkylation sites (N-methyl/N-ethyl adjacent to an activating group) is 2. The third kappa shape index (κ3) is 10.4. The number of nitrogens with zero attached hydrogens (tertiary/aromatic N) is 5. The lowest BCUT2D eigenvalue weighted by Crippen LogP contribution is -2.44. The molecule has 0 aromatic carbocycles. The van der Waals surface area contributed by atoms with Gasteiger partial charge in [-0.3, -0.25) is 9.69 Å². The summed E-state index contributed by atoms with van der Waals surface area (Å²) in [6.07, 6.45) is -0.127. The molecule has 3 heterocycles. The normalized spacial score (nSPS) is 12.2. The topological polar surface area (TPSA) is 74.2 Å². The number of pyridine rings is 1. The average molecular weight is 557 g/mol. The number of alkyl halides is 3. The van der Waals surface area contributed by atoms with Crippen LogP contribution in [-0.2, 0) is 4.79 Å². The van der Waals surface area contributed by atoms with Gasteiger partial charge in [-0.2, -0.15) is 13.2 Å². The van der Waals surface area contributed by atoms with E-state index in [-0.39, 0.29) is 12.6 Å². The van der Waals surface area contributed by atoms with Crippen LogP contribution >= 0.6 is 22.7 Å². The maximum Gasteiger partial charge on any atom is 0.401 e. The van der Waals surface area contributed by atoms with E-state index in [0.29, 0.717) is 19.4 Å². The van der Waals surface area contributed by atoms with Crippen LogP contribution in [0.15, 0.2) is 23.7 Å². The van der Waals surface area contributed by atoms with E-state index in [2.05, 4.69) is 25.6 Å². The zero-order chi connectivity index (χ0) is 27.6. The van der Waals surface area contributed by atoms with Crippen molar-refractivity contribution in [2.24, 2.45) is 0 Å². The van der Waals surface area contributed by atoms with Crippen molar-refractivity contribution in [3.8, 4) is 10.6 Å². The van der Waals surface area contributed by atoms with E-state index in [1.54, 1.807) is 36.6 Å². The zero-order valence-corrected chi connectivity index (χ0v) is 23.7. The number of thiazole rings is 2. The van der Waals surface area contributed by atoms with E-state index in [1.807, 2.05) is 46.0 Å². The van der Waals surface area contributed by atoms with E-state index in [0.717, 1.165) is 44.2 Å². The van der Waals surface area contributed by atoms with Gasteiger partial charge in [0.25, 0.3) is 0 Å². The Bertz CT molecular complexity index is 1100. The number of hydrogen-bond acceptors (Lipinski definition) is 8.